The lowest BCUT2D eigenvalue weighted by Gasteiger charge is -2.27. The molecule has 20 heavy (non-hydrogen) atoms. The van der Waals surface area contributed by atoms with E-state index in [2.05, 4.69) is 9.97 Å². The standard InChI is InChI=1S/C14H24N4O2/c1-6-7-14(2,20)12(19)18(5)10-11-8-15-13(16-9-11)17(3)4/h8-9,20H,6-7,10H2,1-5H3. The fourth-order valence-electron chi connectivity index (χ4n) is 2.01. The van der Waals surface area contributed by atoms with Crippen molar-refractivity contribution in [1.82, 2.24) is 14.9 Å². The Hall–Kier alpha value is -1.69. The number of likely N-dealkylation sites (N-methyl/N-ethyl adjacent to an activating group) is 1. The minimum atomic E-state index is -1.31. The van der Waals surface area contributed by atoms with Gasteiger partial charge in [-0.25, -0.2) is 9.97 Å². The van der Waals surface area contributed by atoms with Crippen LogP contribution in [0.3, 0.4) is 0 Å². The lowest BCUT2D eigenvalue weighted by Crippen LogP contribution is -2.45. The molecule has 1 unspecified atom stereocenters. The third-order valence-electron chi connectivity index (χ3n) is 3.06. The number of carbonyl (C=O) groups is 1. The van der Waals surface area contributed by atoms with Crippen molar-refractivity contribution < 1.29 is 9.90 Å². The van der Waals surface area contributed by atoms with Gasteiger partial charge in [-0.2, -0.15) is 0 Å². The van der Waals surface area contributed by atoms with Crippen LogP contribution < -0.4 is 4.90 Å². The summed E-state index contributed by atoms with van der Waals surface area (Å²) in [6.45, 7) is 3.88. The van der Waals surface area contributed by atoms with Crippen LogP contribution in [0.4, 0.5) is 5.95 Å². The number of hydrogen-bond donors (Lipinski definition) is 1. The second kappa shape index (κ2) is 6.65. The first kappa shape index (κ1) is 16.4. The van der Waals surface area contributed by atoms with Gasteiger partial charge in [-0.1, -0.05) is 13.3 Å². The molecule has 1 atom stereocenters. The Labute approximate surface area is 120 Å². The van der Waals surface area contributed by atoms with Crippen molar-refractivity contribution in [1.29, 1.82) is 0 Å². The number of amides is 1. The second-order valence-electron chi connectivity index (χ2n) is 5.47. The van der Waals surface area contributed by atoms with E-state index >= 15 is 0 Å². The van der Waals surface area contributed by atoms with Gasteiger partial charge in [0.2, 0.25) is 5.95 Å². The van der Waals surface area contributed by atoms with Crippen LogP contribution >= 0.6 is 0 Å². The Balaban J connectivity index is 2.70. The summed E-state index contributed by atoms with van der Waals surface area (Å²) in [4.78, 5) is 23.9. The summed E-state index contributed by atoms with van der Waals surface area (Å²) in [5.41, 5.74) is -0.479. The molecule has 1 heterocycles. The van der Waals surface area contributed by atoms with E-state index in [1.54, 1.807) is 26.4 Å². The number of aliphatic hydroxyl groups is 1. The molecule has 0 aliphatic heterocycles. The molecule has 0 saturated carbocycles. The highest BCUT2D eigenvalue weighted by molar-refractivity contribution is 5.84. The molecule has 1 aromatic heterocycles. The van der Waals surface area contributed by atoms with Crippen LogP contribution in [-0.4, -0.2) is 52.6 Å². The number of anilines is 1. The van der Waals surface area contributed by atoms with Crippen LogP contribution in [0.5, 0.6) is 0 Å². The van der Waals surface area contributed by atoms with Crippen molar-refractivity contribution >= 4 is 11.9 Å². The molecule has 6 heteroatoms. The maximum absolute atomic E-state index is 12.2. The molecule has 0 bridgehead atoms. The summed E-state index contributed by atoms with van der Waals surface area (Å²) in [6.07, 6.45) is 4.60. The minimum Gasteiger partial charge on any atom is -0.380 e. The first-order valence-corrected chi connectivity index (χ1v) is 6.74. The zero-order valence-corrected chi connectivity index (χ0v) is 12.9. The molecule has 1 aromatic rings. The third kappa shape index (κ3) is 4.16. The normalized spacial score (nSPS) is 13.7. The van der Waals surface area contributed by atoms with Crippen LogP contribution in [0.1, 0.15) is 32.3 Å². The SMILES string of the molecule is CCCC(C)(O)C(=O)N(C)Cc1cnc(N(C)C)nc1. The summed E-state index contributed by atoms with van der Waals surface area (Å²) in [7, 11) is 5.41. The van der Waals surface area contributed by atoms with Gasteiger partial charge < -0.3 is 14.9 Å². The van der Waals surface area contributed by atoms with Crippen LogP contribution in [0.25, 0.3) is 0 Å². The zero-order chi connectivity index (χ0) is 15.3. The van der Waals surface area contributed by atoms with Gasteiger partial charge in [-0.15, -0.1) is 0 Å². The van der Waals surface area contributed by atoms with Crippen LogP contribution in [0, 0.1) is 0 Å². The number of aromatic nitrogens is 2. The summed E-state index contributed by atoms with van der Waals surface area (Å²) in [5, 5.41) is 10.1. The summed E-state index contributed by atoms with van der Waals surface area (Å²) in [6, 6.07) is 0. The number of carbonyl (C=O) groups excluding carboxylic acids is 1. The summed E-state index contributed by atoms with van der Waals surface area (Å²) < 4.78 is 0. The highest BCUT2D eigenvalue weighted by Crippen LogP contribution is 2.16. The van der Waals surface area contributed by atoms with Gasteiger partial charge in [0.25, 0.3) is 5.91 Å². The molecule has 0 aromatic carbocycles. The largest absolute Gasteiger partial charge is 0.380 e. The Morgan fingerprint density at radius 1 is 1.30 bits per heavy atom. The molecule has 0 fully saturated rings. The van der Waals surface area contributed by atoms with E-state index in [9.17, 15) is 9.90 Å². The molecule has 0 aliphatic carbocycles. The molecule has 112 valence electrons. The average molecular weight is 280 g/mol. The molecule has 1 amide bonds. The molecule has 1 N–H and O–H groups in total. The maximum atomic E-state index is 12.2. The highest BCUT2D eigenvalue weighted by Gasteiger charge is 2.31. The van der Waals surface area contributed by atoms with E-state index in [1.807, 2.05) is 25.9 Å². The summed E-state index contributed by atoms with van der Waals surface area (Å²) in [5.74, 6) is 0.344. The maximum Gasteiger partial charge on any atom is 0.254 e. The molecule has 0 aliphatic rings. The Kier molecular flexibility index (Phi) is 5.44. The Morgan fingerprint density at radius 2 is 1.85 bits per heavy atom. The van der Waals surface area contributed by atoms with Crippen molar-refractivity contribution in [2.24, 2.45) is 0 Å². The molecule has 1 rings (SSSR count). The highest BCUT2D eigenvalue weighted by atomic mass is 16.3. The lowest BCUT2D eigenvalue weighted by molar-refractivity contribution is -0.149. The number of rotatable bonds is 6. The molecular weight excluding hydrogens is 256 g/mol. The first-order chi connectivity index (χ1) is 9.27. The van der Waals surface area contributed by atoms with E-state index in [0.29, 0.717) is 18.9 Å². The van der Waals surface area contributed by atoms with E-state index in [-0.39, 0.29) is 5.91 Å². The third-order valence-corrected chi connectivity index (χ3v) is 3.06. The number of hydrogen-bond acceptors (Lipinski definition) is 5. The van der Waals surface area contributed by atoms with Crippen LogP contribution in [0.2, 0.25) is 0 Å². The van der Waals surface area contributed by atoms with Gasteiger partial charge in [-0.05, 0) is 13.3 Å². The lowest BCUT2D eigenvalue weighted by atomic mass is 9.99. The average Bonchev–Trinajstić information content (AvgIpc) is 2.38. The fourth-order valence-corrected chi connectivity index (χ4v) is 2.01. The van der Waals surface area contributed by atoms with Gasteiger partial charge in [0.1, 0.15) is 5.60 Å². The smallest absolute Gasteiger partial charge is 0.254 e. The van der Waals surface area contributed by atoms with Crippen LogP contribution in [-0.2, 0) is 11.3 Å². The topological polar surface area (TPSA) is 69.6 Å². The number of nitrogens with zero attached hydrogens (tertiary/aromatic N) is 4. The second-order valence-corrected chi connectivity index (χ2v) is 5.47. The first-order valence-electron chi connectivity index (χ1n) is 6.74. The van der Waals surface area contributed by atoms with Gasteiger partial charge in [0.15, 0.2) is 0 Å². The van der Waals surface area contributed by atoms with Gasteiger partial charge >= 0.3 is 0 Å². The molecule has 0 saturated heterocycles. The fraction of sp³-hybridized carbons (Fsp3) is 0.643. The predicted molar refractivity (Wildman–Crippen MR) is 78.4 cm³/mol. The van der Waals surface area contributed by atoms with Gasteiger partial charge in [-0.3, -0.25) is 4.79 Å². The van der Waals surface area contributed by atoms with Crippen molar-refractivity contribution in [3.05, 3.63) is 18.0 Å². The Bertz CT molecular complexity index is 443. The minimum absolute atomic E-state index is 0.281. The molecule has 0 spiro atoms. The zero-order valence-electron chi connectivity index (χ0n) is 12.9. The molecule has 0 radical (unpaired) electrons. The van der Waals surface area contributed by atoms with Gasteiger partial charge in [0, 0.05) is 45.6 Å². The Morgan fingerprint density at radius 3 is 2.30 bits per heavy atom. The monoisotopic (exact) mass is 280 g/mol. The predicted octanol–water partition coefficient (Wildman–Crippen LogP) is 1.05. The van der Waals surface area contributed by atoms with E-state index in [0.717, 1.165) is 12.0 Å². The summed E-state index contributed by atoms with van der Waals surface area (Å²) >= 11 is 0. The van der Waals surface area contributed by atoms with Crippen molar-refractivity contribution in [2.45, 2.75) is 38.8 Å². The van der Waals surface area contributed by atoms with Crippen molar-refractivity contribution in [2.75, 3.05) is 26.0 Å². The van der Waals surface area contributed by atoms with Gasteiger partial charge in [0.05, 0.1) is 0 Å². The molecular formula is C14H24N4O2. The van der Waals surface area contributed by atoms with Crippen molar-refractivity contribution in [3.8, 4) is 0 Å². The van der Waals surface area contributed by atoms with Crippen molar-refractivity contribution in [3.63, 3.8) is 0 Å². The van der Waals surface area contributed by atoms with E-state index in [4.69, 9.17) is 0 Å². The quantitative estimate of drug-likeness (QED) is 0.843. The van der Waals surface area contributed by atoms with E-state index in [1.165, 1.54) is 4.90 Å². The van der Waals surface area contributed by atoms with Crippen LogP contribution in [0.15, 0.2) is 12.4 Å². The van der Waals surface area contributed by atoms with E-state index < -0.39 is 5.60 Å². The molecule has 6 nitrogen and oxygen atoms in total.